The number of allylic oxidation sites excluding steroid dienone is 1. The van der Waals surface area contributed by atoms with Gasteiger partial charge < -0.3 is 11.1 Å². The zero-order chi connectivity index (χ0) is 21.5. The van der Waals surface area contributed by atoms with Gasteiger partial charge in [-0.2, -0.15) is 10.1 Å². The average molecular weight is 412 g/mol. The number of nitrogens with two attached hydrogens (primary N) is 1. The highest BCUT2D eigenvalue weighted by Crippen LogP contribution is 2.22. The number of aromatic nitrogens is 6. The Morgan fingerprint density at radius 3 is 2.87 bits per heavy atom. The van der Waals surface area contributed by atoms with Crippen LogP contribution >= 0.6 is 0 Å². The van der Waals surface area contributed by atoms with E-state index in [1.54, 1.807) is 33.8 Å². The molecule has 0 unspecified atom stereocenters. The SMILES string of the molecule is C=CCn1c(=O)c2cnc(Nc3ccc4c(cnn4C)c3)nc2n1-c1cccc(N)c1. The maximum absolute atomic E-state index is 13.0. The summed E-state index contributed by atoms with van der Waals surface area (Å²) in [4.78, 5) is 22.0. The lowest BCUT2D eigenvalue weighted by Crippen LogP contribution is -2.21. The van der Waals surface area contributed by atoms with Crippen LogP contribution in [0.1, 0.15) is 0 Å². The number of nitrogen functional groups attached to an aromatic ring is 1. The summed E-state index contributed by atoms with van der Waals surface area (Å²) in [5, 5.41) is 8.90. The van der Waals surface area contributed by atoms with Gasteiger partial charge in [-0.25, -0.2) is 14.3 Å². The van der Waals surface area contributed by atoms with E-state index in [2.05, 4.69) is 27.0 Å². The number of nitrogens with one attached hydrogen (secondary N) is 1. The van der Waals surface area contributed by atoms with Gasteiger partial charge in [0.2, 0.25) is 5.95 Å². The molecule has 3 N–H and O–H groups in total. The minimum Gasteiger partial charge on any atom is -0.399 e. The van der Waals surface area contributed by atoms with Crippen molar-refractivity contribution in [2.75, 3.05) is 11.1 Å². The van der Waals surface area contributed by atoms with Crippen LogP contribution in [-0.4, -0.2) is 29.1 Å². The molecule has 0 spiro atoms. The van der Waals surface area contributed by atoms with Gasteiger partial charge in [0.15, 0.2) is 5.65 Å². The van der Waals surface area contributed by atoms with Crippen LogP contribution in [0.5, 0.6) is 0 Å². The summed E-state index contributed by atoms with van der Waals surface area (Å²) in [5.74, 6) is 0.379. The summed E-state index contributed by atoms with van der Waals surface area (Å²) < 4.78 is 5.12. The van der Waals surface area contributed by atoms with Gasteiger partial charge in [0.05, 0.1) is 23.9 Å². The van der Waals surface area contributed by atoms with Crippen molar-refractivity contribution in [3.05, 3.63) is 77.9 Å². The monoisotopic (exact) mass is 412 g/mol. The van der Waals surface area contributed by atoms with E-state index in [4.69, 9.17) is 5.73 Å². The van der Waals surface area contributed by atoms with Crippen LogP contribution in [0.15, 0.2) is 72.3 Å². The van der Waals surface area contributed by atoms with Crippen molar-refractivity contribution in [2.24, 2.45) is 7.05 Å². The lowest BCUT2D eigenvalue weighted by atomic mass is 10.2. The third-order valence-electron chi connectivity index (χ3n) is 5.09. The highest BCUT2D eigenvalue weighted by atomic mass is 16.1. The molecule has 0 aliphatic carbocycles. The lowest BCUT2D eigenvalue weighted by molar-refractivity contribution is 0.606. The minimum absolute atomic E-state index is 0.194. The largest absolute Gasteiger partial charge is 0.399 e. The minimum atomic E-state index is -0.194. The molecule has 0 atom stereocenters. The highest BCUT2D eigenvalue weighted by Gasteiger charge is 2.17. The van der Waals surface area contributed by atoms with Crippen LogP contribution < -0.4 is 16.6 Å². The van der Waals surface area contributed by atoms with Crippen molar-refractivity contribution in [1.82, 2.24) is 29.1 Å². The first-order chi connectivity index (χ1) is 15.0. The molecule has 3 aromatic heterocycles. The Hall–Kier alpha value is -4.40. The van der Waals surface area contributed by atoms with Gasteiger partial charge in [0, 0.05) is 30.0 Å². The maximum Gasteiger partial charge on any atom is 0.278 e. The Labute approximate surface area is 177 Å². The summed E-state index contributed by atoms with van der Waals surface area (Å²) in [5.41, 5.74) is 9.44. The Morgan fingerprint density at radius 1 is 1.19 bits per heavy atom. The summed E-state index contributed by atoms with van der Waals surface area (Å²) in [6.07, 6.45) is 5.01. The smallest absolute Gasteiger partial charge is 0.278 e. The van der Waals surface area contributed by atoms with Crippen LogP contribution in [0, 0.1) is 0 Å². The zero-order valence-electron chi connectivity index (χ0n) is 16.9. The number of hydrogen-bond donors (Lipinski definition) is 2. The summed E-state index contributed by atoms with van der Waals surface area (Å²) in [6.45, 7) is 4.09. The summed E-state index contributed by atoms with van der Waals surface area (Å²) >= 11 is 0. The van der Waals surface area contributed by atoms with Crippen LogP contribution in [0.4, 0.5) is 17.3 Å². The van der Waals surface area contributed by atoms with Crippen molar-refractivity contribution in [1.29, 1.82) is 0 Å². The van der Waals surface area contributed by atoms with Gasteiger partial charge in [-0.3, -0.25) is 9.48 Å². The Kier molecular flexibility index (Phi) is 4.28. The molecule has 0 amide bonds. The second-order valence-electron chi connectivity index (χ2n) is 7.18. The summed E-state index contributed by atoms with van der Waals surface area (Å²) in [6, 6.07) is 13.2. The topological polar surface area (TPSA) is 109 Å². The fourth-order valence-corrected chi connectivity index (χ4v) is 3.67. The van der Waals surface area contributed by atoms with Gasteiger partial charge in [-0.05, 0) is 36.4 Å². The molecule has 2 aromatic carbocycles. The van der Waals surface area contributed by atoms with E-state index < -0.39 is 0 Å². The van der Waals surface area contributed by atoms with Crippen LogP contribution in [0.25, 0.3) is 27.6 Å². The molecule has 0 aliphatic rings. The van der Waals surface area contributed by atoms with Gasteiger partial charge in [0.25, 0.3) is 5.56 Å². The van der Waals surface area contributed by atoms with Crippen LogP contribution in [-0.2, 0) is 13.6 Å². The number of rotatable bonds is 5. The number of fused-ring (bicyclic) bond motifs is 2. The first kappa shape index (κ1) is 18.6. The number of aryl methyl sites for hydroxylation is 1. The van der Waals surface area contributed by atoms with Gasteiger partial charge in [-0.15, -0.1) is 6.58 Å². The van der Waals surface area contributed by atoms with E-state index in [-0.39, 0.29) is 5.56 Å². The molecule has 0 bridgehead atoms. The Balaban J connectivity index is 1.64. The number of nitrogens with zero attached hydrogens (tertiary/aromatic N) is 6. The van der Waals surface area contributed by atoms with Crippen molar-refractivity contribution in [3.63, 3.8) is 0 Å². The van der Waals surface area contributed by atoms with E-state index in [0.29, 0.717) is 29.2 Å². The summed E-state index contributed by atoms with van der Waals surface area (Å²) in [7, 11) is 1.90. The molecule has 0 saturated carbocycles. The predicted octanol–water partition coefficient (Wildman–Crippen LogP) is 2.98. The van der Waals surface area contributed by atoms with E-state index in [1.807, 2.05) is 42.1 Å². The second kappa shape index (κ2) is 7.13. The molecule has 0 fully saturated rings. The first-order valence-corrected chi connectivity index (χ1v) is 9.69. The Morgan fingerprint density at radius 2 is 2.06 bits per heavy atom. The molecule has 31 heavy (non-hydrogen) atoms. The van der Waals surface area contributed by atoms with Crippen LogP contribution in [0.3, 0.4) is 0 Å². The Bertz CT molecular complexity index is 1510. The molecule has 9 heteroatoms. The average Bonchev–Trinajstić information content (AvgIpc) is 3.26. The fraction of sp³-hybridized carbons (Fsp3) is 0.0909. The number of hydrogen-bond acceptors (Lipinski definition) is 6. The van der Waals surface area contributed by atoms with E-state index in [9.17, 15) is 4.79 Å². The van der Waals surface area contributed by atoms with Gasteiger partial charge in [-0.1, -0.05) is 12.1 Å². The van der Waals surface area contributed by atoms with Crippen molar-refractivity contribution >= 4 is 39.3 Å². The van der Waals surface area contributed by atoms with Gasteiger partial charge in [0.1, 0.15) is 5.39 Å². The van der Waals surface area contributed by atoms with Crippen LogP contribution in [0.2, 0.25) is 0 Å². The van der Waals surface area contributed by atoms with E-state index >= 15 is 0 Å². The number of benzene rings is 2. The third kappa shape index (κ3) is 3.12. The quantitative estimate of drug-likeness (QED) is 0.339. The lowest BCUT2D eigenvalue weighted by Gasteiger charge is -2.12. The number of anilines is 3. The van der Waals surface area contributed by atoms with Crippen molar-refractivity contribution in [2.45, 2.75) is 6.54 Å². The van der Waals surface area contributed by atoms with Gasteiger partial charge >= 0.3 is 0 Å². The van der Waals surface area contributed by atoms with E-state index in [1.165, 1.54) is 6.20 Å². The van der Waals surface area contributed by atoms with E-state index in [0.717, 1.165) is 22.3 Å². The standard InChI is InChI=1S/C22H20N8O/c1-3-9-29-21(31)18-13-24-22(26-16-7-8-19-14(10-16)12-25-28(19)2)27-20(18)30(29)17-6-4-5-15(23)11-17/h3-8,10-13H,1,9,23H2,2H3,(H,24,26,27). The molecule has 9 nitrogen and oxygen atoms in total. The molecular weight excluding hydrogens is 392 g/mol. The predicted molar refractivity (Wildman–Crippen MR) is 122 cm³/mol. The molecular formula is C22H20N8O. The zero-order valence-corrected chi connectivity index (χ0v) is 16.9. The van der Waals surface area contributed by atoms with Crippen molar-refractivity contribution in [3.8, 4) is 5.69 Å². The third-order valence-corrected chi connectivity index (χ3v) is 5.09. The second-order valence-corrected chi connectivity index (χ2v) is 7.18. The highest BCUT2D eigenvalue weighted by molar-refractivity contribution is 5.83. The molecule has 0 saturated heterocycles. The first-order valence-electron chi connectivity index (χ1n) is 9.69. The molecule has 5 aromatic rings. The molecule has 0 aliphatic heterocycles. The molecule has 0 radical (unpaired) electrons. The molecule has 3 heterocycles. The fourth-order valence-electron chi connectivity index (χ4n) is 3.67. The molecule has 154 valence electrons. The van der Waals surface area contributed by atoms with Crippen molar-refractivity contribution < 1.29 is 0 Å². The normalized spacial score (nSPS) is 11.3. The maximum atomic E-state index is 13.0. The molecule has 5 rings (SSSR count).